The molecule has 0 fully saturated rings. The number of aryl methyl sites for hydroxylation is 1. The van der Waals surface area contributed by atoms with E-state index in [1.165, 1.54) is 6.07 Å². The van der Waals surface area contributed by atoms with E-state index in [-0.39, 0.29) is 10.6 Å². The third-order valence-corrected chi connectivity index (χ3v) is 3.62. The summed E-state index contributed by atoms with van der Waals surface area (Å²) in [6, 6.07) is 10.8. The van der Waals surface area contributed by atoms with Crippen molar-refractivity contribution in [1.82, 2.24) is 0 Å². The minimum atomic E-state index is -0.360. The Hall–Kier alpha value is -1.20. The SMILES string of the molecule is Cc1cc(Br)ccc1-c1ccc(Br)cc1[N+](=O)[O-]. The van der Waals surface area contributed by atoms with Crippen LogP contribution in [0.4, 0.5) is 5.69 Å². The molecule has 0 saturated heterocycles. The number of nitro groups is 1. The lowest BCUT2D eigenvalue weighted by molar-refractivity contribution is -0.384. The van der Waals surface area contributed by atoms with E-state index in [1.54, 1.807) is 6.07 Å². The maximum absolute atomic E-state index is 11.1. The van der Waals surface area contributed by atoms with Crippen molar-refractivity contribution in [3.05, 3.63) is 61.0 Å². The highest BCUT2D eigenvalue weighted by Crippen LogP contribution is 2.35. The van der Waals surface area contributed by atoms with Crippen molar-refractivity contribution < 1.29 is 4.92 Å². The molecule has 0 atom stereocenters. The van der Waals surface area contributed by atoms with E-state index in [0.717, 1.165) is 15.6 Å². The lowest BCUT2D eigenvalue weighted by atomic mass is 9.99. The predicted octanol–water partition coefficient (Wildman–Crippen LogP) is 5.10. The minimum Gasteiger partial charge on any atom is -0.258 e. The van der Waals surface area contributed by atoms with Crippen LogP contribution in [0.3, 0.4) is 0 Å². The molecule has 2 aromatic rings. The lowest BCUT2D eigenvalue weighted by Gasteiger charge is -2.07. The second kappa shape index (κ2) is 5.20. The van der Waals surface area contributed by atoms with Crippen LogP contribution in [0.1, 0.15) is 5.56 Å². The van der Waals surface area contributed by atoms with Gasteiger partial charge in [-0.2, -0.15) is 0 Å². The third-order valence-electron chi connectivity index (χ3n) is 2.64. The van der Waals surface area contributed by atoms with E-state index < -0.39 is 0 Å². The molecule has 0 spiro atoms. The number of halogens is 2. The number of hydrogen-bond acceptors (Lipinski definition) is 2. The zero-order valence-corrected chi connectivity index (χ0v) is 12.7. The summed E-state index contributed by atoms with van der Waals surface area (Å²) in [5.41, 5.74) is 2.61. The Bertz CT molecular complexity index is 626. The number of benzene rings is 2. The Kier molecular flexibility index (Phi) is 3.82. The van der Waals surface area contributed by atoms with Crippen molar-refractivity contribution in [2.75, 3.05) is 0 Å². The summed E-state index contributed by atoms with van der Waals surface area (Å²) in [5, 5.41) is 11.1. The Morgan fingerprint density at radius 3 is 2.11 bits per heavy atom. The summed E-state index contributed by atoms with van der Waals surface area (Å²) in [5.74, 6) is 0. The largest absolute Gasteiger partial charge is 0.278 e. The average Bonchev–Trinajstić information content (AvgIpc) is 2.29. The van der Waals surface area contributed by atoms with Crippen LogP contribution in [0.25, 0.3) is 11.1 Å². The molecule has 0 aliphatic heterocycles. The zero-order valence-electron chi connectivity index (χ0n) is 9.48. The van der Waals surface area contributed by atoms with Gasteiger partial charge in [0, 0.05) is 15.0 Å². The summed E-state index contributed by atoms with van der Waals surface area (Å²) in [4.78, 5) is 10.7. The first-order valence-electron chi connectivity index (χ1n) is 5.19. The average molecular weight is 371 g/mol. The van der Waals surface area contributed by atoms with Crippen LogP contribution >= 0.6 is 31.9 Å². The molecule has 2 aromatic carbocycles. The highest BCUT2D eigenvalue weighted by atomic mass is 79.9. The summed E-state index contributed by atoms with van der Waals surface area (Å²) >= 11 is 6.64. The Balaban J connectivity index is 2.67. The summed E-state index contributed by atoms with van der Waals surface area (Å²) < 4.78 is 1.66. The maximum atomic E-state index is 11.1. The van der Waals surface area contributed by atoms with Crippen molar-refractivity contribution >= 4 is 37.5 Å². The molecule has 92 valence electrons. The van der Waals surface area contributed by atoms with Crippen molar-refractivity contribution in [3.8, 4) is 11.1 Å². The standard InChI is InChI=1S/C13H9Br2NO2/c1-8-6-9(14)2-4-11(8)12-5-3-10(15)7-13(12)16(17)18/h2-7H,1H3. The topological polar surface area (TPSA) is 43.1 Å². The van der Waals surface area contributed by atoms with E-state index in [0.29, 0.717) is 10.0 Å². The first-order valence-corrected chi connectivity index (χ1v) is 6.78. The molecule has 0 aromatic heterocycles. The zero-order chi connectivity index (χ0) is 13.3. The minimum absolute atomic E-state index is 0.106. The van der Waals surface area contributed by atoms with Gasteiger partial charge in [-0.1, -0.05) is 37.9 Å². The van der Waals surface area contributed by atoms with Crippen LogP contribution in [-0.4, -0.2) is 4.92 Å². The second-order valence-corrected chi connectivity index (χ2v) is 5.71. The quantitative estimate of drug-likeness (QED) is 0.545. The summed E-state index contributed by atoms with van der Waals surface area (Å²) in [6.45, 7) is 1.94. The van der Waals surface area contributed by atoms with Crippen molar-refractivity contribution in [3.63, 3.8) is 0 Å². The van der Waals surface area contributed by atoms with E-state index >= 15 is 0 Å². The van der Waals surface area contributed by atoms with Crippen LogP contribution in [-0.2, 0) is 0 Å². The first kappa shape index (κ1) is 13.2. The number of nitrogens with zero attached hydrogens (tertiary/aromatic N) is 1. The third kappa shape index (κ3) is 2.62. The monoisotopic (exact) mass is 369 g/mol. The molecule has 2 rings (SSSR count). The number of nitro benzene ring substituents is 1. The molecule has 0 aliphatic carbocycles. The highest BCUT2D eigenvalue weighted by molar-refractivity contribution is 9.10. The molecule has 0 heterocycles. The summed E-state index contributed by atoms with van der Waals surface area (Å²) in [7, 11) is 0. The van der Waals surface area contributed by atoms with Crippen molar-refractivity contribution in [1.29, 1.82) is 0 Å². The van der Waals surface area contributed by atoms with Gasteiger partial charge in [-0.25, -0.2) is 0 Å². The van der Waals surface area contributed by atoms with Gasteiger partial charge in [-0.3, -0.25) is 10.1 Å². The fourth-order valence-electron chi connectivity index (χ4n) is 1.81. The number of hydrogen-bond donors (Lipinski definition) is 0. The molecule has 18 heavy (non-hydrogen) atoms. The molecular weight excluding hydrogens is 362 g/mol. The molecule has 0 aliphatic rings. The smallest absolute Gasteiger partial charge is 0.258 e. The van der Waals surface area contributed by atoms with Crippen LogP contribution in [0.2, 0.25) is 0 Å². The Labute approximate surface area is 121 Å². The van der Waals surface area contributed by atoms with E-state index in [1.807, 2.05) is 31.2 Å². The van der Waals surface area contributed by atoms with Gasteiger partial charge in [-0.15, -0.1) is 0 Å². The molecule has 0 amide bonds. The van der Waals surface area contributed by atoms with Crippen molar-refractivity contribution in [2.45, 2.75) is 6.92 Å². The molecule has 0 unspecified atom stereocenters. The fourth-order valence-corrected chi connectivity index (χ4v) is 2.64. The van der Waals surface area contributed by atoms with Gasteiger partial charge < -0.3 is 0 Å². The van der Waals surface area contributed by atoms with Crippen LogP contribution in [0.5, 0.6) is 0 Å². The van der Waals surface area contributed by atoms with Gasteiger partial charge in [0.15, 0.2) is 0 Å². The summed E-state index contributed by atoms with van der Waals surface area (Å²) in [6.07, 6.45) is 0. The van der Waals surface area contributed by atoms with Gasteiger partial charge in [-0.05, 0) is 42.3 Å². The highest BCUT2D eigenvalue weighted by Gasteiger charge is 2.17. The molecular formula is C13H9Br2NO2. The van der Waals surface area contributed by atoms with E-state index in [9.17, 15) is 10.1 Å². The number of rotatable bonds is 2. The fraction of sp³-hybridized carbons (Fsp3) is 0.0769. The molecule has 0 N–H and O–H groups in total. The molecule has 3 nitrogen and oxygen atoms in total. The van der Waals surface area contributed by atoms with Crippen LogP contribution < -0.4 is 0 Å². The van der Waals surface area contributed by atoms with E-state index in [2.05, 4.69) is 31.9 Å². The predicted molar refractivity (Wildman–Crippen MR) is 78.7 cm³/mol. The molecule has 0 saturated carbocycles. The van der Waals surface area contributed by atoms with Crippen LogP contribution in [0.15, 0.2) is 45.3 Å². The molecule has 5 heteroatoms. The molecule has 0 bridgehead atoms. The van der Waals surface area contributed by atoms with Gasteiger partial charge in [0.1, 0.15) is 0 Å². The second-order valence-electron chi connectivity index (χ2n) is 3.88. The van der Waals surface area contributed by atoms with Gasteiger partial charge in [0.25, 0.3) is 5.69 Å². The van der Waals surface area contributed by atoms with Crippen LogP contribution in [0, 0.1) is 17.0 Å². The van der Waals surface area contributed by atoms with Gasteiger partial charge in [0.2, 0.25) is 0 Å². The lowest BCUT2D eigenvalue weighted by Crippen LogP contribution is -1.93. The van der Waals surface area contributed by atoms with Gasteiger partial charge >= 0.3 is 0 Å². The van der Waals surface area contributed by atoms with Crippen molar-refractivity contribution in [2.24, 2.45) is 0 Å². The van der Waals surface area contributed by atoms with E-state index in [4.69, 9.17) is 0 Å². The first-order chi connectivity index (χ1) is 8.49. The maximum Gasteiger partial charge on any atom is 0.278 e. The Morgan fingerprint density at radius 1 is 1.00 bits per heavy atom. The Morgan fingerprint density at radius 2 is 1.56 bits per heavy atom. The molecule has 0 radical (unpaired) electrons. The van der Waals surface area contributed by atoms with Gasteiger partial charge in [0.05, 0.1) is 10.5 Å². The normalized spacial score (nSPS) is 10.4.